The number of hydrogen-bond acceptors (Lipinski definition) is 5. The van der Waals surface area contributed by atoms with Gasteiger partial charge in [0.15, 0.2) is 0 Å². The molecule has 2 rings (SSSR count). The minimum absolute atomic E-state index is 0.0292. The highest BCUT2D eigenvalue weighted by atomic mass is 32.2. The number of sulfonamides is 1. The van der Waals surface area contributed by atoms with Crippen LogP contribution in [0.25, 0.3) is 0 Å². The number of nitrogens with one attached hydrogen (secondary N) is 1. The van der Waals surface area contributed by atoms with Crippen LogP contribution in [0.15, 0.2) is 47.8 Å². The van der Waals surface area contributed by atoms with E-state index < -0.39 is 10.0 Å². The van der Waals surface area contributed by atoms with E-state index in [9.17, 15) is 13.2 Å². The summed E-state index contributed by atoms with van der Waals surface area (Å²) in [6.45, 7) is 1.82. The number of hydrogen-bond donors (Lipinski definition) is 2. The molecule has 1 atom stereocenters. The zero-order valence-corrected chi connectivity index (χ0v) is 13.5. The van der Waals surface area contributed by atoms with E-state index in [0.717, 1.165) is 5.56 Å². The lowest BCUT2D eigenvalue weighted by atomic mass is 10.1. The number of anilines is 1. The topological polar surface area (TPSA) is 118 Å². The third-order valence-corrected chi connectivity index (χ3v) is 4.34. The van der Waals surface area contributed by atoms with Crippen molar-refractivity contribution in [2.75, 3.05) is 12.4 Å². The van der Waals surface area contributed by atoms with Crippen LogP contribution in [0.1, 0.15) is 18.5 Å². The quantitative estimate of drug-likeness (QED) is 0.874. The highest BCUT2D eigenvalue weighted by Gasteiger charge is 2.18. The van der Waals surface area contributed by atoms with Crippen LogP contribution in [0, 0.1) is 0 Å². The molecule has 0 radical (unpaired) electrons. The minimum Gasteiger partial charge on any atom is -0.321 e. The molecule has 9 heteroatoms. The summed E-state index contributed by atoms with van der Waals surface area (Å²) in [5.74, 6) is 0.397. The van der Waals surface area contributed by atoms with Crippen molar-refractivity contribution in [3.05, 3.63) is 48.4 Å². The lowest BCUT2D eigenvalue weighted by Crippen LogP contribution is -2.33. The number of carbonyl (C=O) groups is 1. The largest absolute Gasteiger partial charge is 0.323 e. The van der Waals surface area contributed by atoms with E-state index in [4.69, 9.17) is 5.14 Å². The molecule has 122 valence electrons. The molecule has 3 N–H and O–H groups in total. The molecule has 8 nitrogen and oxygen atoms in total. The predicted octanol–water partition coefficient (Wildman–Crippen LogP) is 1.35. The fourth-order valence-corrected chi connectivity index (χ4v) is 2.41. The molecule has 23 heavy (non-hydrogen) atoms. The molecule has 1 aromatic carbocycles. The first-order valence-electron chi connectivity index (χ1n) is 6.71. The Morgan fingerprint density at radius 2 is 1.91 bits per heavy atom. The van der Waals surface area contributed by atoms with Gasteiger partial charge in [-0.05, 0) is 30.7 Å². The van der Waals surface area contributed by atoms with Gasteiger partial charge in [-0.2, -0.15) is 0 Å². The van der Waals surface area contributed by atoms with Gasteiger partial charge in [-0.25, -0.2) is 28.3 Å². The maximum atomic E-state index is 12.2. The van der Waals surface area contributed by atoms with Gasteiger partial charge in [-0.15, -0.1) is 0 Å². The van der Waals surface area contributed by atoms with Crippen molar-refractivity contribution in [2.24, 2.45) is 5.14 Å². The van der Waals surface area contributed by atoms with Crippen LogP contribution in [-0.2, 0) is 10.0 Å². The highest BCUT2D eigenvalue weighted by molar-refractivity contribution is 7.89. The number of rotatable bonds is 4. The number of aromatic nitrogens is 2. The van der Waals surface area contributed by atoms with E-state index in [2.05, 4.69) is 15.3 Å². The lowest BCUT2D eigenvalue weighted by molar-refractivity contribution is 0.208. The summed E-state index contributed by atoms with van der Waals surface area (Å²) in [7, 11) is -2.10. The molecule has 0 aliphatic heterocycles. The van der Waals surface area contributed by atoms with E-state index in [1.807, 2.05) is 6.92 Å². The molecule has 2 amide bonds. The second-order valence-electron chi connectivity index (χ2n) is 4.93. The molecule has 2 aromatic rings. The van der Waals surface area contributed by atoms with Crippen LogP contribution in [-0.4, -0.2) is 36.4 Å². The van der Waals surface area contributed by atoms with Gasteiger partial charge in [0.2, 0.25) is 10.0 Å². The second-order valence-corrected chi connectivity index (χ2v) is 6.49. The summed E-state index contributed by atoms with van der Waals surface area (Å²) in [5, 5.41) is 7.71. The first kappa shape index (κ1) is 16.8. The third-order valence-electron chi connectivity index (χ3n) is 3.41. The molecule has 0 aliphatic carbocycles. The van der Waals surface area contributed by atoms with Crippen molar-refractivity contribution >= 4 is 21.9 Å². The number of amides is 2. The first-order valence-corrected chi connectivity index (χ1v) is 8.26. The molecular weight excluding hydrogens is 318 g/mol. The van der Waals surface area contributed by atoms with Gasteiger partial charge in [0.05, 0.1) is 10.9 Å². The number of carbonyl (C=O) groups excluding carboxylic acids is 1. The van der Waals surface area contributed by atoms with E-state index in [0.29, 0.717) is 5.82 Å². The SMILES string of the molecule is CC(c1ccc(S(N)(=O)=O)cc1)N(C)C(=O)Nc1ccncn1. The van der Waals surface area contributed by atoms with Crippen molar-refractivity contribution < 1.29 is 13.2 Å². The van der Waals surface area contributed by atoms with Crippen LogP contribution >= 0.6 is 0 Å². The Bertz CT molecular complexity index is 778. The van der Waals surface area contributed by atoms with Gasteiger partial charge in [0.1, 0.15) is 12.1 Å². The van der Waals surface area contributed by atoms with Gasteiger partial charge in [-0.1, -0.05) is 12.1 Å². The molecule has 0 saturated heterocycles. The summed E-state index contributed by atoms with van der Waals surface area (Å²) < 4.78 is 22.5. The van der Waals surface area contributed by atoms with Gasteiger partial charge in [-0.3, -0.25) is 5.32 Å². The van der Waals surface area contributed by atoms with E-state index >= 15 is 0 Å². The van der Waals surface area contributed by atoms with E-state index in [-0.39, 0.29) is 17.0 Å². The summed E-state index contributed by atoms with van der Waals surface area (Å²) in [4.78, 5) is 21.4. The number of nitrogens with zero attached hydrogens (tertiary/aromatic N) is 3. The summed E-state index contributed by atoms with van der Waals surface area (Å²) in [6.07, 6.45) is 2.86. The Kier molecular flexibility index (Phi) is 4.92. The lowest BCUT2D eigenvalue weighted by Gasteiger charge is -2.25. The molecule has 0 spiro atoms. The van der Waals surface area contributed by atoms with Crippen molar-refractivity contribution in [3.8, 4) is 0 Å². The summed E-state index contributed by atoms with van der Waals surface area (Å²) in [5.41, 5.74) is 0.776. The Labute approximate surface area is 134 Å². The fourth-order valence-electron chi connectivity index (χ4n) is 1.90. The van der Waals surface area contributed by atoms with Crippen LogP contribution in [0.2, 0.25) is 0 Å². The third kappa shape index (κ3) is 4.24. The van der Waals surface area contributed by atoms with Crippen molar-refractivity contribution in [3.63, 3.8) is 0 Å². The maximum Gasteiger partial charge on any atom is 0.323 e. The molecule has 1 heterocycles. The van der Waals surface area contributed by atoms with Crippen LogP contribution in [0.5, 0.6) is 0 Å². The van der Waals surface area contributed by atoms with Gasteiger partial charge in [0.25, 0.3) is 0 Å². The minimum atomic E-state index is -3.73. The monoisotopic (exact) mass is 335 g/mol. The Balaban J connectivity index is 2.09. The van der Waals surface area contributed by atoms with E-state index in [1.54, 1.807) is 25.2 Å². The zero-order chi connectivity index (χ0) is 17.0. The fraction of sp³-hybridized carbons (Fsp3) is 0.214. The first-order chi connectivity index (χ1) is 10.8. The number of urea groups is 1. The number of primary sulfonamides is 1. The molecular formula is C14H17N5O3S. The normalized spacial score (nSPS) is 12.5. The van der Waals surface area contributed by atoms with E-state index in [1.165, 1.54) is 29.6 Å². The number of benzene rings is 1. The molecule has 1 unspecified atom stereocenters. The Hall–Kier alpha value is -2.52. The van der Waals surface area contributed by atoms with Crippen LogP contribution < -0.4 is 10.5 Å². The zero-order valence-electron chi connectivity index (χ0n) is 12.7. The van der Waals surface area contributed by atoms with Crippen molar-refractivity contribution in [2.45, 2.75) is 17.9 Å². The molecule has 1 aromatic heterocycles. The smallest absolute Gasteiger partial charge is 0.321 e. The molecule has 0 bridgehead atoms. The Morgan fingerprint density at radius 1 is 1.26 bits per heavy atom. The molecule has 0 saturated carbocycles. The average Bonchev–Trinajstić information content (AvgIpc) is 2.53. The van der Waals surface area contributed by atoms with Crippen LogP contribution in [0.3, 0.4) is 0 Å². The van der Waals surface area contributed by atoms with Crippen molar-refractivity contribution in [1.29, 1.82) is 0 Å². The molecule has 0 aliphatic rings. The van der Waals surface area contributed by atoms with Gasteiger partial charge < -0.3 is 4.90 Å². The van der Waals surface area contributed by atoms with Crippen molar-refractivity contribution in [1.82, 2.24) is 14.9 Å². The highest BCUT2D eigenvalue weighted by Crippen LogP contribution is 2.21. The average molecular weight is 335 g/mol. The van der Waals surface area contributed by atoms with Gasteiger partial charge in [0, 0.05) is 13.2 Å². The maximum absolute atomic E-state index is 12.2. The molecule has 0 fully saturated rings. The predicted molar refractivity (Wildman–Crippen MR) is 85.0 cm³/mol. The number of nitrogens with two attached hydrogens (primary N) is 1. The summed E-state index contributed by atoms with van der Waals surface area (Å²) >= 11 is 0. The second kappa shape index (κ2) is 6.71. The standard InChI is InChI=1S/C14H17N5O3S/c1-10(11-3-5-12(6-4-11)23(15,21)22)19(2)14(20)18-13-7-8-16-9-17-13/h3-10H,1-2H3,(H2,15,21,22)(H,16,17,18,20). The Morgan fingerprint density at radius 3 is 2.43 bits per heavy atom. The van der Waals surface area contributed by atoms with Gasteiger partial charge >= 0.3 is 6.03 Å². The van der Waals surface area contributed by atoms with Crippen LogP contribution in [0.4, 0.5) is 10.6 Å². The summed E-state index contributed by atoms with van der Waals surface area (Å²) in [6, 6.07) is 7.04.